The van der Waals surface area contributed by atoms with Gasteiger partial charge < -0.3 is 20.3 Å². The number of aromatic amines is 1. The van der Waals surface area contributed by atoms with Gasteiger partial charge in [0.25, 0.3) is 5.56 Å². The summed E-state index contributed by atoms with van der Waals surface area (Å²) in [5.74, 6) is -2.21. The molecule has 10 nitrogen and oxygen atoms in total. The number of fused-ring (bicyclic) bond motifs is 1. The standard InChI is InChI=1S/C22H24ClN5O5/c1-2-33-21(32)12-4-3-9-28(11-12)22-26-18-17(20(31)27-22)15(10-16(29)25-18)19(30)24-14-7-5-13(23)6-8-14/h5-8,12,15H,2-4,9-11H2,1H3,(H,24,30)(H2,25,26,27,29,31)/t12-,15+/m1/s1. The second-order valence-electron chi connectivity index (χ2n) is 7.99. The van der Waals surface area contributed by atoms with Crippen molar-refractivity contribution in [3.63, 3.8) is 0 Å². The number of carbonyl (C=O) groups excluding carboxylic acids is 3. The van der Waals surface area contributed by atoms with E-state index in [1.807, 2.05) is 0 Å². The third kappa shape index (κ3) is 5.00. The first-order valence-electron chi connectivity index (χ1n) is 10.8. The molecule has 0 radical (unpaired) electrons. The van der Waals surface area contributed by atoms with Crippen molar-refractivity contribution in [3.05, 3.63) is 45.2 Å². The number of aromatic nitrogens is 2. The van der Waals surface area contributed by atoms with Gasteiger partial charge in [-0.1, -0.05) is 11.6 Å². The molecule has 174 valence electrons. The number of piperidine rings is 1. The number of halogens is 1. The minimum absolute atomic E-state index is 0.0551. The summed E-state index contributed by atoms with van der Waals surface area (Å²) in [6.45, 7) is 2.99. The first-order chi connectivity index (χ1) is 15.9. The number of esters is 1. The molecule has 2 aliphatic rings. The predicted molar refractivity (Wildman–Crippen MR) is 122 cm³/mol. The molecule has 3 N–H and O–H groups in total. The molecule has 0 saturated carbocycles. The van der Waals surface area contributed by atoms with E-state index in [1.54, 1.807) is 36.1 Å². The number of benzene rings is 1. The fourth-order valence-corrected chi connectivity index (χ4v) is 4.24. The van der Waals surface area contributed by atoms with E-state index in [2.05, 4.69) is 20.6 Å². The van der Waals surface area contributed by atoms with Crippen LogP contribution in [-0.4, -0.2) is 47.4 Å². The molecule has 2 atom stereocenters. The number of hydrogen-bond acceptors (Lipinski definition) is 7. The quantitative estimate of drug-likeness (QED) is 0.567. The molecule has 1 saturated heterocycles. The summed E-state index contributed by atoms with van der Waals surface area (Å²) in [7, 11) is 0. The highest BCUT2D eigenvalue weighted by atomic mass is 35.5. The lowest BCUT2D eigenvalue weighted by Gasteiger charge is -2.32. The van der Waals surface area contributed by atoms with Crippen molar-refractivity contribution in [2.24, 2.45) is 5.92 Å². The molecule has 2 aromatic rings. The van der Waals surface area contributed by atoms with Gasteiger partial charge >= 0.3 is 5.97 Å². The molecular formula is C22H24ClN5O5. The second-order valence-corrected chi connectivity index (χ2v) is 8.43. The number of H-pyrrole nitrogens is 1. The van der Waals surface area contributed by atoms with Crippen molar-refractivity contribution in [3.8, 4) is 0 Å². The van der Waals surface area contributed by atoms with E-state index in [9.17, 15) is 19.2 Å². The molecule has 2 aliphatic heterocycles. The van der Waals surface area contributed by atoms with E-state index < -0.39 is 23.3 Å². The summed E-state index contributed by atoms with van der Waals surface area (Å²) in [5.41, 5.74) is 0.0875. The molecule has 11 heteroatoms. The Hall–Kier alpha value is -3.40. The maximum absolute atomic E-state index is 13.0. The van der Waals surface area contributed by atoms with Crippen LogP contribution in [-0.2, 0) is 19.1 Å². The molecule has 33 heavy (non-hydrogen) atoms. The Labute approximate surface area is 194 Å². The fraction of sp³-hybridized carbons (Fsp3) is 0.409. The van der Waals surface area contributed by atoms with Gasteiger partial charge in [0.05, 0.1) is 24.0 Å². The van der Waals surface area contributed by atoms with Gasteiger partial charge in [0.15, 0.2) is 0 Å². The normalized spacial score (nSPS) is 19.9. The molecule has 2 amide bonds. The highest BCUT2D eigenvalue weighted by molar-refractivity contribution is 6.30. The third-order valence-corrected chi connectivity index (χ3v) is 5.96. The monoisotopic (exact) mass is 473 g/mol. The lowest BCUT2D eigenvalue weighted by Crippen LogP contribution is -2.42. The number of anilines is 3. The number of carbonyl (C=O) groups is 3. The molecule has 4 rings (SSSR count). The minimum atomic E-state index is -0.997. The molecule has 0 aliphatic carbocycles. The van der Waals surface area contributed by atoms with Gasteiger partial charge in [-0.05, 0) is 44.0 Å². The largest absolute Gasteiger partial charge is 0.466 e. The van der Waals surface area contributed by atoms with Crippen LogP contribution in [0, 0.1) is 5.92 Å². The van der Waals surface area contributed by atoms with Crippen LogP contribution in [0.1, 0.15) is 37.7 Å². The summed E-state index contributed by atoms with van der Waals surface area (Å²) in [6.07, 6.45) is 1.24. The average Bonchev–Trinajstić information content (AvgIpc) is 2.80. The summed E-state index contributed by atoms with van der Waals surface area (Å²) >= 11 is 5.88. The SMILES string of the molecule is CCOC(=O)[C@@H]1CCCN(c2nc3c(c(=O)[nH]2)[C@@H](C(=O)Nc2ccc(Cl)cc2)CC(=O)N3)C1. The lowest BCUT2D eigenvalue weighted by molar-refractivity contribution is -0.148. The topological polar surface area (TPSA) is 133 Å². The fourth-order valence-electron chi connectivity index (χ4n) is 4.12. The molecule has 1 fully saturated rings. The highest BCUT2D eigenvalue weighted by Crippen LogP contribution is 2.31. The van der Waals surface area contributed by atoms with E-state index in [0.717, 1.165) is 6.42 Å². The van der Waals surface area contributed by atoms with E-state index in [4.69, 9.17) is 16.3 Å². The zero-order valence-electron chi connectivity index (χ0n) is 18.0. The minimum Gasteiger partial charge on any atom is -0.466 e. The predicted octanol–water partition coefficient (Wildman–Crippen LogP) is 2.27. The van der Waals surface area contributed by atoms with Gasteiger partial charge in [-0.3, -0.25) is 24.2 Å². The highest BCUT2D eigenvalue weighted by Gasteiger charge is 2.36. The van der Waals surface area contributed by atoms with Crippen LogP contribution in [0.25, 0.3) is 0 Å². The molecular weight excluding hydrogens is 450 g/mol. The second kappa shape index (κ2) is 9.62. The van der Waals surface area contributed by atoms with Gasteiger partial charge in [-0.2, -0.15) is 4.98 Å². The Kier molecular flexibility index (Phi) is 6.64. The van der Waals surface area contributed by atoms with Crippen LogP contribution in [0.15, 0.2) is 29.1 Å². The molecule has 0 spiro atoms. The zero-order valence-corrected chi connectivity index (χ0v) is 18.8. The van der Waals surface area contributed by atoms with Crippen molar-refractivity contribution >= 4 is 46.8 Å². The van der Waals surface area contributed by atoms with Crippen LogP contribution in [0.4, 0.5) is 17.5 Å². The summed E-state index contributed by atoms with van der Waals surface area (Å²) in [5, 5.41) is 5.84. The van der Waals surface area contributed by atoms with Crippen LogP contribution in [0.3, 0.4) is 0 Å². The Morgan fingerprint density at radius 1 is 1.27 bits per heavy atom. The Morgan fingerprint density at radius 3 is 2.76 bits per heavy atom. The van der Waals surface area contributed by atoms with E-state index in [1.165, 1.54) is 0 Å². The van der Waals surface area contributed by atoms with Crippen molar-refractivity contribution in [1.82, 2.24) is 9.97 Å². The van der Waals surface area contributed by atoms with Gasteiger partial charge in [0, 0.05) is 30.2 Å². The number of nitrogens with one attached hydrogen (secondary N) is 3. The number of hydrogen-bond donors (Lipinski definition) is 3. The Morgan fingerprint density at radius 2 is 2.03 bits per heavy atom. The molecule has 1 aromatic carbocycles. The molecule has 1 aromatic heterocycles. The van der Waals surface area contributed by atoms with Crippen molar-refractivity contribution in [2.75, 3.05) is 35.2 Å². The van der Waals surface area contributed by atoms with Crippen molar-refractivity contribution < 1.29 is 19.1 Å². The number of rotatable bonds is 5. The van der Waals surface area contributed by atoms with E-state index in [-0.39, 0.29) is 35.6 Å². The van der Waals surface area contributed by atoms with Gasteiger partial charge in [-0.25, -0.2) is 0 Å². The Bertz CT molecular complexity index is 1130. The van der Waals surface area contributed by atoms with Crippen LogP contribution >= 0.6 is 11.6 Å². The van der Waals surface area contributed by atoms with Crippen molar-refractivity contribution in [2.45, 2.75) is 32.1 Å². The number of ether oxygens (including phenoxy) is 1. The average molecular weight is 474 g/mol. The smallest absolute Gasteiger partial charge is 0.310 e. The lowest BCUT2D eigenvalue weighted by atomic mass is 9.92. The van der Waals surface area contributed by atoms with Crippen LogP contribution in [0.2, 0.25) is 5.02 Å². The van der Waals surface area contributed by atoms with E-state index in [0.29, 0.717) is 36.8 Å². The maximum atomic E-state index is 13.0. The first kappa shape index (κ1) is 22.8. The summed E-state index contributed by atoms with van der Waals surface area (Å²) in [6, 6.07) is 6.51. The Balaban J connectivity index is 1.59. The number of nitrogens with zero attached hydrogens (tertiary/aromatic N) is 2. The van der Waals surface area contributed by atoms with Crippen LogP contribution in [0.5, 0.6) is 0 Å². The third-order valence-electron chi connectivity index (χ3n) is 5.71. The number of amides is 2. The summed E-state index contributed by atoms with van der Waals surface area (Å²) in [4.78, 5) is 59.3. The maximum Gasteiger partial charge on any atom is 0.310 e. The van der Waals surface area contributed by atoms with Gasteiger partial charge in [0.2, 0.25) is 17.8 Å². The van der Waals surface area contributed by atoms with Gasteiger partial charge in [0.1, 0.15) is 5.82 Å². The molecule has 0 bridgehead atoms. The zero-order chi connectivity index (χ0) is 23.5. The van der Waals surface area contributed by atoms with E-state index >= 15 is 0 Å². The molecule has 3 heterocycles. The first-order valence-corrected chi connectivity index (χ1v) is 11.2. The van der Waals surface area contributed by atoms with Gasteiger partial charge in [-0.15, -0.1) is 0 Å². The summed E-state index contributed by atoms with van der Waals surface area (Å²) < 4.78 is 5.12. The van der Waals surface area contributed by atoms with Crippen molar-refractivity contribution in [1.29, 1.82) is 0 Å². The molecule has 0 unspecified atom stereocenters. The van der Waals surface area contributed by atoms with Crippen LogP contribution < -0.4 is 21.1 Å².